The number of aryl methyl sites for hydroxylation is 2. The molecule has 0 saturated carbocycles. The molecular weight excluding hydrogens is 234 g/mol. The summed E-state index contributed by atoms with van der Waals surface area (Å²) in [5, 5.41) is 3.09. The normalized spacial score (nSPS) is 12.6. The third-order valence-electron chi connectivity index (χ3n) is 2.40. The summed E-state index contributed by atoms with van der Waals surface area (Å²) in [5.74, 6) is 6.32. The molecule has 0 fully saturated rings. The number of nitrogens with one attached hydrogen (secondary N) is 1. The van der Waals surface area contributed by atoms with Crippen LogP contribution in [-0.2, 0) is 6.42 Å². The van der Waals surface area contributed by atoms with E-state index in [0.717, 1.165) is 28.6 Å². The largest absolute Gasteiger partial charge is 0.271 e. The predicted octanol–water partition coefficient (Wildman–Crippen LogP) is 1.30. The zero-order chi connectivity index (χ0) is 12.3. The summed E-state index contributed by atoms with van der Waals surface area (Å²) >= 11 is 1.64. The summed E-state index contributed by atoms with van der Waals surface area (Å²) in [6, 6.07) is 1.85. The summed E-state index contributed by atoms with van der Waals surface area (Å²) in [6.45, 7) is 3.85. The monoisotopic (exact) mass is 249 g/mol. The Kier molecular flexibility index (Phi) is 3.78. The molecule has 2 heterocycles. The minimum absolute atomic E-state index is 0.0257. The van der Waals surface area contributed by atoms with E-state index in [9.17, 15) is 0 Å². The molecule has 2 aromatic rings. The van der Waals surface area contributed by atoms with E-state index < -0.39 is 0 Å². The van der Waals surface area contributed by atoms with Crippen LogP contribution in [-0.4, -0.2) is 15.0 Å². The van der Waals surface area contributed by atoms with Gasteiger partial charge in [-0.05, 0) is 19.9 Å². The van der Waals surface area contributed by atoms with Crippen molar-refractivity contribution in [3.63, 3.8) is 0 Å². The molecule has 0 spiro atoms. The van der Waals surface area contributed by atoms with Crippen LogP contribution in [0.3, 0.4) is 0 Å². The number of hydrogen-bond donors (Lipinski definition) is 2. The zero-order valence-electron chi connectivity index (χ0n) is 9.84. The van der Waals surface area contributed by atoms with Gasteiger partial charge in [0.15, 0.2) is 0 Å². The average molecular weight is 249 g/mol. The highest BCUT2D eigenvalue weighted by molar-refractivity contribution is 7.09. The predicted molar refractivity (Wildman–Crippen MR) is 67.4 cm³/mol. The Morgan fingerprint density at radius 3 is 2.82 bits per heavy atom. The number of nitrogens with zero attached hydrogens (tertiary/aromatic N) is 3. The molecule has 0 bridgehead atoms. The van der Waals surface area contributed by atoms with Crippen molar-refractivity contribution < 1.29 is 0 Å². The smallest absolute Gasteiger partial charge is 0.125 e. The van der Waals surface area contributed by atoms with Gasteiger partial charge in [0, 0.05) is 23.7 Å². The van der Waals surface area contributed by atoms with Gasteiger partial charge in [0.2, 0.25) is 0 Å². The first-order valence-electron chi connectivity index (χ1n) is 5.35. The van der Waals surface area contributed by atoms with Gasteiger partial charge >= 0.3 is 0 Å². The third-order valence-corrected chi connectivity index (χ3v) is 3.39. The molecule has 1 unspecified atom stereocenters. The van der Waals surface area contributed by atoms with Crippen molar-refractivity contribution in [2.75, 3.05) is 0 Å². The quantitative estimate of drug-likeness (QED) is 0.631. The van der Waals surface area contributed by atoms with Crippen molar-refractivity contribution >= 4 is 11.3 Å². The molecular formula is C11H15N5S. The topological polar surface area (TPSA) is 76.7 Å². The Morgan fingerprint density at radius 2 is 2.24 bits per heavy atom. The van der Waals surface area contributed by atoms with Crippen LogP contribution < -0.4 is 11.3 Å². The minimum Gasteiger partial charge on any atom is -0.271 e. The van der Waals surface area contributed by atoms with E-state index in [4.69, 9.17) is 5.84 Å². The van der Waals surface area contributed by atoms with Crippen molar-refractivity contribution in [3.05, 3.63) is 39.9 Å². The van der Waals surface area contributed by atoms with Crippen molar-refractivity contribution in [1.82, 2.24) is 20.4 Å². The van der Waals surface area contributed by atoms with Gasteiger partial charge in [0.25, 0.3) is 0 Å². The fourth-order valence-corrected chi connectivity index (χ4v) is 2.41. The molecule has 0 saturated heterocycles. The second kappa shape index (κ2) is 5.31. The van der Waals surface area contributed by atoms with Crippen LogP contribution in [0, 0.1) is 13.8 Å². The number of hydrazine groups is 1. The number of hydrogen-bond acceptors (Lipinski definition) is 6. The lowest BCUT2D eigenvalue weighted by Crippen LogP contribution is -2.30. The molecule has 90 valence electrons. The Balaban J connectivity index is 2.16. The van der Waals surface area contributed by atoms with Gasteiger partial charge in [0.1, 0.15) is 5.82 Å². The van der Waals surface area contributed by atoms with Crippen molar-refractivity contribution in [1.29, 1.82) is 0 Å². The molecule has 0 aliphatic carbocycles. The molecule has 0 aliphatic heterocycles. The van der Waals surface area contributed by atoms with Crippen LogP contribution in [0.25, 0.3) is 0 Å². The maximum absolute atomic E-state index is 5.58. The first-order chi connectivity index (χ1) is 8.19. The van der Waals surface area contributed by atoms with Crippen LogP contribution in [0.4, 0.5) is 0 Å². The minimum atomic E-state index is -0.0257. The van der Waals surface area contributed by atoms with Crippen LogP contribution in [0.1, 0.15) is 28.3 Å². The third kappa shape index (κ3) is 3.06. The fourth-order valence-electron chi connectivity index (χ4n) is 1.59. The molecule has 17 heavy (non-hydrogen) atoms. The van der Waals surface area contributed by atoms with Crippen molar-refractivity contribution in [2.45, 2.75) is 26.3 Å². The van der Waals surface area contributed by atoms with Gasteiger partial charge in [0.05, 0.1) is 16.7 Å². The number of aromatic nitrogens is 3. The highest BCUT2D eigenvalue weighted by Gasteiger charge is 2.14. The van der Waals surface area contributed by atoms with Gasteiger partial charge in [-0.3, -0.25) is 11.3 Å². The highest BCUT2D eigenvalue weighted by atomic mass is 32.1. The first-order valence-corrected chi connectivity index (χ1v) is 6.23. The Morgan fingerprint density at radius 1 is 1.41 bits per heavy atom. The lowest BCUT2D eigenvalue weighted by molar-refractivity contribution is 0.534. The summed E-state index contributed by atoms with van der Waals surface area (Å²) < 4.78 is 0. The number of thiazole rings is 1. The highest BCUT2D eigenvalue weighted by Crippen LogP contribution is 2.18. The summed E-state index contributed by atoms with van der Waals surface area (Å²) in [7, 11) is 0. The molecule has 1 atom stereocenters. The number of rotatable bonds is 4. The van der Waals surface area contributed by atoms with Crippen LogP contribution in [0.5, 0.6) is 0 Å². The summed E-state index contributed by atoms with van der Waals surface area (Å²) in [5.41, 5.74) is 4.72. The van der Waals surface area contributed by atoms with E-state index in [0.29, 0.717) is 0 Å². The molecule has 0 aromatic carbocycles. The van der Waals surface area contributed by atoms with Gasteiger partial charge in [-0.1, -0.05) is 0 Å². The first kappa shape index (κ1) is 12.1. The SMILES string of the molecule is Cc1csc(CC(NN)c2ccnc(C)n2)n1. The average Bonchev–Trinajstić information content (AvgIpc) is 2.72. The maximum Gasteiger partial charge on any atom is 0.125 e. The summed E-state index contributed by atoms with van der Waals surface area (Å²) in [6.07, 6.45) is 2.49. The Bertz CT molecular complexity index is 496. The van der Waals surface area contributed by atoms with Gasteiger partial charge in [-0.25, -0.2) is 15.0 Å². The van der Waals surface area contributed by atoms with E-state index >= 15 is 0 Å². The number of nitrogens with two attached hydrogens (primary N) is 1. The molecule has 2 aromatic heterocycles. The molecule has 6 heteroatoms. The van der Waals surface area contributed by atoms with Gasteiger partial charge in [-0.15, -0.1) is 11.3 Å². The maximum atomic E-state index is 5.58. The molecule has 5 nitrogen and oxygen atoms in total. The summed E-state index contributed by atoms with van der Waals surface area (Å²) in [4.78, 5) is 12.9. The van der Waals surface area contributed by atoms with E-state index in [-0.39, 0.29) is 6.04 Å². The Hall–Kier alpha value is -1.37. The van der Waals surface area contributed by atoms with E-state index in [1.165, 1.54) is 0 Å². The molecule has 3 N–H and O–H groups in total. The van der Waals surface area contributed by atoms with E-state index in [2.05, 4.69) is 20.4 Å². The Labute approximate surface area is 104 Å². The van der Waals surface area contributed by atoms with E-state index in [1.807, 2.05) is 25.3 Å². The standard InChI is InChI=1S/C11H15N5S/c1-7-6-17-11(14-7)5-10(16-12)9-3-4-13-8(2)15-9/h3-4,6,10,16H,5,12H2,1-2H3. The molecule has 2 rings (SSSR count). The van der Waals surface area contributed by atoms with Crippen molar-refractivity contribution in [3.8, 4) is 0 Å². The van der Waals surface area contributed by atoms with Crippen LogP contribution >= 0.6 is 11.3 Å². The molecule has 0 radical (unpaired) electrons. The second-order valence-corrected chi connectivity index (χ2v) is 4.78. The van der Waals surface area contributed by atoms with Gasteiger partial charge in [-0.2, -0.15) is 0 Å². The molecule has 0 amide bonds. The van der Waals surface area contributed by atoms with Crippen LogP contribution in [0.15, 0.2) is 17.6 Å². The van der Waals surface area contributed by atoms with E-state index in [1.54, 1.807) is 17.5 Å². The second-order valence-electron chi connectivity index (χ2n) is 3.83. The molecule has 0 aliphatic rings. The van der Waals surface area contributed by atoms with Crippen molar-refractivity contribution in [2.24, 2.45) is 5.84 Å². The lowest BCUT2D eigenvalue weighted by Gasteiger charge is -2.13. The fraction of sp³-hybridized carbons (Fsp3) is 0.364. The van der Waals surface area contributed by atoms with Gasteiger partial charge < -0.3 is 0 Å². The zero-order valence-corrected chi connectivity index (χ0v) is 10.7. The van der Waals surface area contributed by atoms with Crippen LogP contribution in [0.2, 0.25) is 0 Å². The lowest BCUT2D eigenvalue weighted by atomic mass is 10.1.